The van der Waals surface area contributed by atoms with E-state index in [9.17, 15) is 9.90 Å². The summed E-state index contributed by atoms with van der Waals surface area (Å²) in [5, 5.41) is 9.61. The quantitative estimate of drug-likeness (QED) is 0.840. The summed E-state index contributed by atoms with van der Waals surface area (Å²) in [6, 6.07) is 8.17. The molecule has 0 aromatic heterocycles. The van der Waals surface area contributed by atoms with Crippen molar-refractivity contribution in [3.05, 3.63) is 29.8 Å². The first-order valence-corrected chi connectivity index (χ1v) is 8.95. The second-order valence-electron chi connectivity index (χ2n) is 7.05. The van der Waals surface area contributed by atoms with Crippen LogP contribution < -0.4 is 0 Å². The largest absolute Gasteiger partial charge is 0.508 e. The number of nitrogens with zero attached hydrogens (tertiary/aromatic N) is 2. The molecule has 1 aliphatic carbocycles. The van der Waals surface area contributed by atoms with Crippen LogP contribution in [0.2, 0.25) is 0 Å². The smallest absolute Gasteiger partial charge is 0.223 e. The van der Waals surface area contributed by atoms with Crippen LogP contribution in [-0.4, -0.2) is 46.0 Å². The number of hydrogen-bond donors (Lipinski definition) is 1. The van der Waals surface area contributed by atoms with Gasteiger partial charge in [0.25, 0.3) is 0 Å². The van der Waals surface area contributed by atoms with Gasteiger partial charge >= 0.3 is 0 Å². The maximum atomic E-state index is 12.7. The summed E-state index contributed by atoms with van der Waals surface area (Å²) in [5.41, 5.74) is 1.01. The van der Waals surface area contributed by atoms with E-state index in [-0.39, 0.29) is 11.7 Å². The summed E-state index contributed by atoms with van der Waals surface area (Å²) in [5.74, 6) is 0.537. The zero-order valence-electron chi connectivity index (χ0n) is 14.1. The molecule has 4 nitrogen and oxygen atoms in total. The summed E-state index contributed by atoms with van der Waals surface area (Å²) in [4.78, 5) is 17.2. The molecule has 2 fully saturated rings. The monoisotopic (exact) mass is 316 g/mol. The fraction of sp³-hybridized carbons (Fsp3) is 0.632. The Morgan fingerprint density at radius 1 is 1.35 bits per heavy atom. The molecular formula is C19H28N2O2. The van der Waals surface area contributed by atoms with Crippen molar-refractivity contribution in [1.82, 2.24) is 9.80 Å². The molecule has 2 aliphatic rings. The molecule has 0 radical (unpaired) electrons. The van der Waals surface area contributed by atoms with Crippen molar-refractivity contribution in [3.8, 4) is 5.75 Å². The molecule has 1 N–H and O–H groups in total. The molecule has 1 aromatic rings. The number of phenolic OH excluding ortho intramolecular Hbond substituents is 1. The third-order valence-corrected chi connectivity index (χ3v) is 5.11. The number of amides is 1. The second kappa shape index (κ2) is 7.35. The molecule has 4 heteroatoms. The number of hydrogen-bond acceptors (Lipinski definition) is 3. The minimum atomic E-state index is 0.266. The Morgan fingerprint density at radius 2 is 2.09 bits per heavy atom. The molecule has 1 aliphatic heterocycles. The molecule has 1 saturated carbocycles. The van der Waals surface area contributed by atoms with E-state index < -0.39 is 0 Å². The van der Waals surface area contributed by atoms with Gasteiger partial charge in [0.2, 0.25) is 5.91 Å². The Labute approximate surface area is 139 Å². The Hall–Kier alpha value is -1.55. The highest BCUT2D eigenvalue weighted by Crippen LogP contribution is 2.30. The molecule has 3 rings (SSSR count). The van der Waals surface area contributed by atoms with Crippen molar-refractivity contribution in [1.29, 1.82) is 0 Å². The van der Waals surface area contributed by atoms with Gasteiger partial charge in [0, 0.05) is 25.0 Å². The van der Waals surface area contributed by atoms with Gasteiger partial charge in [0.15, 0.2) is 0 Å². The number of phenols is 1. The van der Waals surface area contributed by atoms with Crippen LogP contribution in [0, 0.1) is 0 Å². The number of aromatic hydroxyl groups is 1. The Morgan fingerprint density at radius 3 is 2.74 bits per heavy atom. The van der Waals surface area contributed by atoms with E-state index >= 15 is 0 Å². The summed E-state index contributed by atoms with van der Waals surface area (Å²) in [6.07, 6.45) is 6.40. The fourth-order valence-electron chi connectivity index (χ4n) is 3.50. The predicted octanol–water partition coefficient (Wildman–Crippen LogP) is 3.15. The number of carbonyl (C=O) groups excluding carboxylic acids is 1. The number of benzene rings is 1. The van der Waals surface area contributed by atoms with E-state index in [2.05, 4.69) is 11.8 Å². The summed E-state index contributed by atoms with van der Waals surface area (Å²) < 4.78 is 0. The van der Waals surface area contributed by atoms with Gasteiger partial charge in [-0.3, -0.25) is 4.79 Å². The standard InChI is InChI=1S/C19H28N2O2/c1-15(20-11-2-3-12-20)7-10-19(23)21(17-8-9-17)14-16-5-4-6-18(22)13-16/h4-6,13,15,17,22H,2-3,7-12,14H2,1H3/t15-/m0/s1. The van der Waals surface area contributed by atoms with Crippen LogP contribution in [0.15, 0.2) is 24.3 Å². The SMILES string of the molecule is C[C@@H](CCC(=O)N(Cc1cccc(O)c1)C1CC1)N1CCCC1. The Balaban J connectivity index is 1.54. The van der Waals surface area contributed by atoms with E-state index in [1.165, 1.54) is 25.9 Å². The minimum Gasteiger partial charge on any atom is -0.508 e. The van der Waals surface area contributed by atoms with Gasteiger partial charge in [0.05, 0.1) is 0 Å². The first-order chi connectivity index (χ1) is 11.1. The number of likely N-dealkylation sites (tertiary alicyclic amines) is 1. The topological polar surface area (TPSA) is 43.8 Å². The number of rotatable bonds is 7. The molecule has 1 aromatic carbocycles. The average Bonchev–Trinajstić information content (AvgIpc) is 3.23. The van der Waals surface area contributed by atoms with Crippen molar-refractivity contribution in [2.75, 3.05) is 13.1 Å². The first-order valence-electron chi connectivity index (χ1n) is 8.95. The second-order valence-corrected chi connectivity index (χ2v) is 7.05. The predicted molar refractivity (Wildman–Crippen MR) is 91.2 cm³/mol. The van der Waals surface area contributed by atoms with Crippen molar-refractivity contribution in [3.63, 3.8) is 0 Å². The molecule has 0 unspecified atom stereocenters. The van der Waals surface area contributed by atoms with Crippen LogP contribution in [0.5, 0.6) is 5.75 Å². The molecule has 0 bridgehead atoms. The van der Waals surface area contributed by atoms with Crippen LogP contribution in [-0.2, 0) is 11.3 Å². The summed E-state index contributed by atoms with van der Waals surface area (Å²) in [7, 11) is 0. The average molecular weight is 316 g/mol. The zero-order valence-corrected chi connectivity index (χ0v) is 14.1. The van der Waals surface area contributed by atoms with Gasteiger partial charge in [-0.05, 0) is 69.8 Å². The summed E-state index contributed by atoms with van der Waals surface area (Å²) >= 11 is 0. The van der Waals surface area contributed by atoms with Crippen LogP contribution in [0.3, 0.4) is 0 Å². The van der Waals surface area contributed by atoms with Crippen LogP contribution in [0.25, 0.3) is 0 Å². The lowest BCUT2D eigenvalue weighted by atomic mass is 10.1. The fourth-order valence-corrected chi connectivity index (χ4v) is 3.50. The lowest BCUT2D eigenvalue weighted by Gasteiger charge is -2.26. The molecule has 23 heavy (non-hydrogen) atoms. The molecule has 126 valence electrons. The highest BCUT2D eigenvalue weighted by Gasteiger charge is 2.32. The minimum absolute atomic E-state index is 0.266. The van der Waals surface area contributed by atoms with E-state index in [1.54, 1.807) is 12.1 Å². The lowest BCUT2D eigenvalue weighted by Crippen LogP contribution is -2.35. The Kier molecular flexibility index (Phi) is 5.21. The Bertz CT molecular complexity index is 536. The van der Waals surface area contributed by atoms with Crippen molar-refractivity contribution >= 4 is 5.91 Å². The molecule has 1 atom stereocenters. The van der Waals surface area contributed by atoms with Gasteiger partial charge in [-0.1, -0.05) is 12.1 Å². The maximum Gasteiger partial charge on any atom is 0.223 e. The molecular weight excluding hydrogens is 288 g/mol. The van der Waals surface area contributed by atoms with Gasteiger partial charge in [-0.25, -0.2) is 0 Å². The molecule has 1 saturated heterocycles. The highest BCUT2D eigenvalue weighted by atomic mass is 16.3. The third kappa shape index (κ3) is 4.47. The molecule has 0 spiro atoms. The molecule has 1 amide bonds. The van der Waals surface area contributed by atoms with Gasteiger partial charge in [-0.15, -0.1) is 0 Å². The highest BCUT2D eigenvalue weighted by molar-refractivity contribution is 5.77. The molecule has 1 heterocycles. The van der Waals surface area contributed by atoms with Crippen LogP contribution in [0.4, 0.5) is 0 Å². The van der Waals surface area contributed by atoms with Crippen molar-refractivity contribution in [2.24, 2.45) is 0 Å². The lowest BCUT2D eigenvalue weighted by molar-refractivity contribution is -0.132. The summed E-state index contributed by atoms with van der Waals surface area (Å²) in [6.45, 7) is 5.24. The van der Waals surface area contributed by atoms with E-state index in [0.29, 0.717) is 25.0 Å². The maximum absolute atomic E-state index is 12.7. The third-order valence-electron chi connectivity index (χ3n) is 5.11. The van der Waals surface area contributed by atoms with E-state index in [4.69, 9.17) is 0 Å². The number of carbonyl (C=O) groups is 1. The van der Waals surface area contributed by atoms with Crippen LogP contribution in [0.1, 0.15) is 51.0 Å². The van der Waals surface area contributed by atoms with Gasteiger partial charge in [0.1, 0.15) is 5.75 Å². The van der Waals surface area contributed by atoms with Crippen LogP contribution >= 0.6 is 0 Å². The van der Waals surface area contributed by atoms with E-state index in [0.717, 1.165) is 24.8 Å². The van der Waals surface area contributed by atoms with Gasteiger partial charge < -0.3 is 14.9 Å². The first kappa shape index (κ1) is 16.3. The van der Waals surface area contributed by atoms with E-state index in [1.807, 2.05) is 17.0 Å². The van der Waals surface area contributed by atoms with Crippen molar-refractivity contribution < 1.29 is 9.90 Å². The zero-order chi connectivity index (χ0) is 16.2. The van der Waals surface area contributed by atoms with Gasteiger partial charge in [-0.2, -0.15) is 0 Å². The normalized spacial score (nSPS) is 19.7. The van der Waals surface area contributed by atoms with Crippen molar-refractivity contribution in [2.45, 2.75) is 64.1 Å².